The fourth-order valence-corrected chi connectivity index (χ4v) is 7.44. The average molecular weight is 728 g/mol. The fourth-order valence-electron chi connectivity index (χ4n) is 7.44. The second kappa shape index (κ2) is 18.4. The molecule has 7 heteroatoms. The Balaban J connectivity index is 0.000000190. The summed E-state index contributed by atoms with van der Waals surface area (Å²) in [6.45, 7) is 3.52. The van der Waals surface area contributed by atoms with Crippen LogP contribution in [0.15, 0.2) is 158 Å². The van der Waals surface area contributed by atoms with Crippen molar-refractivity contribution in [3.63, 3.8) is 0 Å². The van der Waals surface area contributed by atoms with E-state index in [4.69, 9.17) is 5.73 Å². The Morgan fingerprint density at radius 2 is 1.07 bits per heavy atom. The first-order valence-electron chi connectivity index (χ1n) is 19.3. The number of nitrogens with two attached hydrogens (primary N) is 1. The zero-order chi connectivity index (χ0) is 37.8. The van der Waals surface area contributed by atoms with Crippen LogP contribution in [0.25, 0.3) is 11.3 Å². The molecule has 0 unspecified atom stereocenters. The molecule has 0 fully saturated rings. The second-order valence-corrected chi connectivity index (χ2v) is 14.4. The van der Waals surface area contributed by atoms with Crippen molar-refractivity contribution in [2.45, 2.75) is 57.4 Å². The molecule has 278 valence electrons. The van der Waals surface area contributed by atoms with Gasteiger partial charge in [0.05, 0.1) is 17.8 Å². The second-order valence-electron chi connectivity index (χ2n) is 14.4. The van der Waals surface area contributed by atoms with E-state index in [1.54, 1.807) is 0 Å². The lowest BCUT2D eigenvalue weighted by molar-refractivity contribution is -0.134. The summed E-state index contributed by atoms with van der Waals surface area (Å²) in [7, 11) is 0. The van der Waals surface area contributed by atoms with Gasteiger partial charge in [-0.05, 0) is 76.8 Å². The summed E-state index contributed by atoms with van der Waals surface area (Å²) in [4.78, 5) is 34.5. The van der Waals surface area contributed by atoms with Crippen molar-refractivity contribution in [1.29, 1.82) is 0 Å². The third-order valence-electron chi connectivity index (χ3n) is 10.5. The lowest BCUT2D eigenvalue weighted by Gasteiger charge is -2.32. The van der Waals surface area contributed by atoms with Gasteiger partial charge in [-0.15, -0.1) is 0 Å². The Morgan fingerprint density at radius 3 is 1.64 bits per heavy atom. The fraction of sp³-hybridized carbons (Fsp3) is 0.229. The number of carbonyl (C=O) groups excluding carboxylic acids is 2. The van der Waals surface area contributed by atoms with E-state index in [-0.39, 0.29) is 17.9 Å². The number of aromatic nitrogens is 1. The molecule has 2 atom stereocenters. The van der Waals surface area contributed by atoms with Crippen molar-refractivity contribution in [2.24, 2.45) is 5.73 Å². The van der Waals surface area contributed by atoms with Gasteiger partial charge < -0.3 is 20.9 Å². The molecule has 3 heterocycles. The van der Waals surface area contributed by atoms with Crippen molar-refractivity contribution in [1.82, 2.24) is 20.1 Å². The molecule has 2 aliphatic heterocycles. The van der Waals surface area contributed by atoms with E-state index in [1.807, 2.05) is 88.8 Å². The molecule has 0 aliphatic carbocycles. The van der Waals surface area contributed by atoms with Gasteiger partial charge in [0, 0.05) is 44.5 Å². The van der Waals surface area contributed by atoms with E-state index in [9.17, 15) is 9.59 Å². The molecular weight excluding hydrogens is 679 g/mol. The highest BCUT2D eigenvalue weighted by atomic mass is 16.2. The Labute approximate surface area is 324 Å². The normalized spacial score (nSPS) is 14.4. The van der Waals surface area contributed by atoms with Gasteiger partial charge in [-0.1, -0.05) is 140 Å². The van der Waals surface area contributed by atoms with E-state index in [0.29, 0.717) is 32.5 Å². The number of pyridine rings is 1. The highest BCUT2D eigenvalue weighted by molar-refractivity contribution is 5.83. The zero-order valence-corrected chi connectivity index (χ0v) is 31.3. The lowest BCUT2D eigenvalue weighted by Crippen LogP contribution is -2.49. The molecule has 0 radical (unpaired) electrons. The molecule has 55 heavy (non-hydrogen) atoms. The number of hydrogen-bond acceptors (Lipinski definition) is 5. The van der Waals surface area contributed by atoms with E-state index in [1.165, 1.54) is 22.3 Å². The molecule has 5 aromatic carbocycles. The molecule has 0 saturated carbocycles. The van der Waals surface area contributed by atoms with Crippen LogP contribution in [0.3, 0.4) is 0 Å². The van der Waals surface area contributed by atoms with Crippen molar-refractivity contribution >= 4 is 11.8 Å². The van der Waals surface area contributed by atoms with E-state index < -0.39 is 6.04 Å². The maximum absolute atomic E-state index is 13.6. The summed E-state index contributed by atoms with van der Waals surface area (Å²) in [6.07, 6.45) is 4.90. The molecule has 3 N–H and O–H groups in total. The predicted octanol–water partition coefficient (Wildman–Crippen LogP) is 7.18. The van der Waals surface area contributed by atoms with Crippen LogP contribution in [0.5, 0.6) is 0 Å². The molecule has 6 aromatic rings. The summed E-state index contributed by atoms with van der Waals surface area (Å²) in [5, 5.41) is 3.56. The van der Waals surface area contributed by atoms with E-state index in [2.05, 4.69) is 89.2 Å². The highest BCUT2D eigenvalue weighted by Crippen LogP contribution is 2.22. The molecule has 2 amide bonds. The van der Waals surface area contributed by atoms with Gasteiger partial charge in [0.25, 0.3) is 0 Å². The van der Waals surface area contributed by atoms with Crippen molar-refractivity contribution < 1.29 is 9.59 Å². The molecule has 0 bridgehead atoms. The third-order valence-corrected chi connectivity index (χ3v) is 10.5. The number of nitrogens with one attached hydrogen (secondary N) is 1. The standard InChI is InChI=1S/C30H29N3O.C18H20N2O/c34-30(33-19-17-25-10-4-5-11-27(25)22-33)29(20-23-8-2-1-3-9-23)32-21-24-13-15-26(16-14-24)28-12-6-7-18-31-28;19-17(12-14-6-2-1-3-7-14)18(21)20-11-10-15-8-4-5-9-16(15)13-20/h1-16,18,29,32H,17,19-22H2;1-9,17H,10-13,19H2/t29-;17-/m00/s1. The van der Waals surface area contributed by atoms with Crippen LogP contribution >= 0.6 is 0 Å². The van der Waals surface area contributed by atoms with Gasteiger partial charge >= 0.3 is 0 Å². The molecule has 7 nitrogen and oxygen atoms in total. The SMILES string of the molecule is N[C@@H](Cc1ccccc1)C(=O)N1CCc2ccccc2C1.O=C([C@H](Cc1ccccc1)NCc1ccc(-c2ccccn2)cc1)N1CCc2ccccc2C1. The maximum atomic E-state index is 13.6. The van der Waals surface area contributed by atoms with Gasteiger partial charge in [0.1, 0.15) is 0 Å². The highest BCUT2D eigenvalue weighted by Gasteiger charge is 2.28. The summed E-state index contributed by atoms with van der Waals surface area (Å²) in [5.41, 5.74) is 16.8. The van der Waals surface area contributed by atoms with E-state index >= 15 is 0 Å². The van der Waals surface area contributed by atoms with Crippen molar-refractivity contribution in [3.8, 4) is 11.3 Å². The number of amides is 2. The van der Waals surface area contributed by atoms with Gasteiger partial charge in [0.15, 0.2) is 0 Å². The first-order valence-corrected chi connectivity index (χ1v) is 19.3. The lowest BCUT2D eigenvalue weighted by atomic mass is 9.98. The van der Waals surface area contributed by atoms with Gasteiger partial charge in [0.2, 0.25) is 11.8 Å². The smallest absolute Gasteiger partial charge is 0.240 e. The number of benzene rings is 5. The molecular formula is C48H49N5O2. The molecule has 2 aliphatic rings. The van der Waals surface area contributed by atoms with Gasteiger partial charge in [-0.2, -0.15) is 0 Å². The summed E-state index contributed by atoms with van der Waals surface area (Å²) in [6, 6.07) is 50.6. The van der Waals surface area contributed by atoms with Crippen molar-refractivity contribution in [3.05, 3.63) is 197 Å². The first kappa shape index (κ1) is 37.4. The van der Waals surface area contributed by atoms with E-state index in [0.717, 1.165) is 53.9 Å². The monoisotopic (exact) mass is 727 g/mol. The number of rotatable bonds is 10. The zero-order valence-electron chi connectivity index (χ0n) is 31.3. The number of carbonyl (C=O) groups is 2. The summed E-state index contributed by atoms with van der Waals surface area (Å²) >= 11 is 0. The molecule has 0 saturated heterocycles. The van der Waals surface area contributed by atoms with Crippen LogP contribution in [-0.2, 0) is 54.9 Å². The Bertz CT molecular complexity index is 2140. The Morgan fingerprint density at radius 1 is 0.564 bits per heavy atom. The Kier molecular flexibility index (Phi) is 12.5. The summed E-state index contributed by atoms with van der Waals surface area (Å²) in [5.74, 6) is 0.219. The van der Waals surface area contributed by atoms with Crippen LogP contribution < -0.4 is 11.1 Å². The largest absolute Gasteiger partial charge is 0.337 e. The topological polar surface area (TPSA) is 91.6 Å². The van der Waals surface area contributed by atoms with Crippen LogP contribution in [0.1, 0.15) is 38.9 Å². The number of fused-ring (bicyclic) bond motifs is 2. The quantitative estimate of drug-likeness (QED) is 0.156. The van der Waals surface area contributed by atoms with Crippen LogP contribution in [0, 0.1) is 0 Å². The van der Waals surface area contributed by atoms with Gasteiger partial charge in [-0.25, -0.2) is 0 Å². The Hall–Kier alpha value is -5.89. The van der Waals surface area contributed by atoms with Crippen LogP contribution in [0.4, 0.5) is 0 Å². The minimum Gasteiger partial charge on any atom is -0.337 e. The molecule has 0 spiro atoms. The van der Waals surface area contributed by atoms with Crippen LogP contribution in [-0.4, -0.2) is 51.8 Å². The first-order chi connectivity index (χ1) is 27.0. The van der Waals surface area contributed by atoms with Gasteiger partial charge in [-0.3, -0.25) is 14.6 Å². The third kappa shape index (κ3) is 10.0. The summed E-state index contributed by atoms with van der Waals surface area (Å²) < 4.78 is 0. The maximum Gasteiger partial charge on any atom is 0.240 e. The number of hydrogen-bond donors (Lipinski definition) is 2. The minimum absolute atomic E-state index is 0.0494. The molecule has 1 aromatic heterocycles. The molecule has 8 rings (SSSR count). The van der Waals surface area contributed by atoms with Crippen LogP contribution in [0.2, 0.25) is 0 Å². The number of nitrogens with zero attached hydrogens (tertiary/aromatic N) is 3. The van der Waals surface area contributed by atoms with Crippen molar-refractivity contribution in [2.75, 3.05) is 13.1 Å². The average Bonchev–Trinajstić information content (AvgIpc) is 3.25. The predicted molar refractivity (Wildman–Crippen MR) is 220 cm³/mol. The minimum atomic E-state index is -0.460.